The largest absolute Gasteiger partial charge is 0.263 e. The van der Waals surface area contributed by atoms with Crippen LogP contribution in [0.5, 0.6) is 0 Å². The summed E-state index contributed by atoms with van der Waals surface area (Å²) in [6.07, 6.45) is 8.37. The van der Waals surface area contributed by atoms with Crippen molar-refractivity contribution in [2.75, 3.05) is 13.6 Å². The fourth-order valence-electron chi connectivity index (χ4n) is 1.85. The van der Waals surface area contributed by atoms with Gasteiger partial charge in [0, 0.05) is 19.2 Å². The standard InChI is InChI=1S/C12H17N3/c1-4-14(3)15-9-13-10(2)11-7-5-6-8-12(11)15/h6,8-9H,2,4-5,7H2,1,3H3. The highest BCUT2D eigenvalue weighted by atomic mass is 15.6. The summed E-state index contributed by atoms with van der Waals surface area (Å²) < 4.78 is 0. The van der Waals surface area contributed by atoms with E-state index in [-0.39, 0.29) is 0 Å². The van der Waals surface area contributed by atoms with Gasteiger partial charge in [-0.25, -0.2) is 10.0 Å². The van der Waals surface area contributed by atoms with Crippen molar-refractivity contribution in [2.24, 2.45) is 4.99 Å². The molecule has 0 unspecified atom stereocenters. The molecule has 15 heavy (non-hydrogen) atoms. The summed E-state index contributed by atoms with van der Waals surface area (Å²) in [7, 11) is 2.06. The van der Waals surface area contributed by atoms with Gasteiger partial charge in [0.1, 0.15) is 6.34 Å². The van der Waals surface area contributed by atoms with Crippen LogP contribution in [0.3, 0.4) is 0 Å². The number of aliphatic imine (C=N–C) groups is 1. The summed E-state index contributed by atoms with van der Waals surface area (Å²) in [6, 6.07) is 0. The highest BCUT2D eigenvalue weighted by Gasteiger charge is 2.21. The summed E-state index contributed by atoms with van der Waals surface area (Å²) in [5, 5.41) is 4.24. The third-order valence-corrected chi connectivity index (χ3v) is 2.89. The molecule has 0 fully saturated rings. The number of allylic oxidation sites excluding steroid dienone is 3. The summed E-state index contributed by atoms with van der Waals surface area (Å²) in [5.74, 6) is 0. The van der Waals surface area contributed by atoms with Gasteiger partial charge < -0.3 is 0 Å². The molecule has 3 nitrogen and oxygen atoms in total. The van der Waals surface area contributed by atoms with Gasteiger partial charge in [-0.3, -0.25) is 5.01 Å². The Balaban J connectivity index is 2.35. The van der Waals surface area contributed by atoms with E-state index in [9.17, 15) is 0 Å². The molecule has 80 valence electrons. The van der Waals surface area contributed by atoms with Gasteiger partial charge in [0.25, 0.3) is 0 Å². The van der Waals surface area contributed by atoms with Crippen molar-refractivity contribution < 1.29 is 0 Å². The Morgan fingerprint density at radius 3 is 3.13 bits per heavy atom. The molecule has 0 spiro atoms. The van der Waals surface area contributed by atoms with Gasteiger partial charge in [0.05, 0.1) is 11.4 Å². The molecule has 0 aromatic rings. The zero-order valence-electron chi connectivity index (χ0n) is 9.40. The fourth-order valence-corrected chi connectivity index (χ4v) is 1.85. The Bertz CT molecular complexity index is 363. The first-order valence-corrected chi connectivity index (χ1v) is 5.37. The summed E-state index contributed by atoms with van der Waals surface area (Å²) in [5.41, 5.74) is 3.42. The molecule has 0 N–H and O–H groups in total. The molecule has 3 heteroatoms. The Hall–Kier alpha value is -1.35. The molecule has 0 aromatic carbocycles. The SMILES string of the molecule is C=C1N=CN(N(C)CC)C2=C1CCC=C2. The molecule has 0 amide bonds. The van der Waals surface area contributed by atoms with Crippen LogP contribution >= 0.6 is 0 Å². The highest BCUT2D eigenvalue weighted by molar-refractivity contribution is 5.66. The molecule has 0 bridgehead atoms. The Morgan fingerprint density at radius 1 is 1.60 bits per heavy atom. The molecule has 1 aliphatic heterocycles. The predicted molar refractivity (Wildman–Crippen MR) is 63.2 cm³/mol. The number of nitrogens with zero attached hydrogens (tertiary/aromatic N) is 3. The maximum absolute atomic E-state index is 4.34. The van der Waals surface area contributed by atoms with E-state index in [2.05, 4.69) is 47.7 Å². The fraction of sp³-hybridized carbons (Fsp3) is 0.417. The minimum Gasteiger partial charge on any atom is -0.263 e. The Kier molecular flexibility index (Phi) is 2.73. The van der Waals surface area contributed by atoms with E-state index >= 15 is 0 Å². The lowest BCUT2D eigenvalue weighted by Crippen LogP contribution is -2.39. The lowest BCUT2D eigenvalue weighted by molar-refractivity contribution is 0.129. The molecular formula is C12H17N3. The Labute approximate surface area is 91.1 Å². The van der Waals surface area contributed by atoms with Crippen LogP contribution in [0, 0.1) is 0 Å². The molecule has 2 rings (SSSR count). The van der Waals surface area contributed by atoms with E-state index in [4.69, 9.17) is 0 Å². The third-order valence-electron chi connectivity index (χ3n) is 2.89. The van der Waals surface area contributed by atoms with E-state index in [1.807, 2.05) is 6.34 Å². The van der Waals surface area contributed by atoms with Crippen molar-refractivity contribution in [1.29, 1.82) is 0 Å². The second-order valence-corrected chi connectivity index (χ2v) is 3.81. The smallest absolute Gasteiger partial charge is 0.111 e. The zero-order valence-corrected chi connectivity index (χ0v) is 9.40. The lowest BCUT2D eigenvalue weighted by Gasteiger charge is -2.35. The second kappa shape index (κ2) is 4.03. The first-order valence-electron chi connectivity index (χ1n) is 5.37. The zero-order chi connectivity index (χ0) is 10.8. The Morgan fingerprint density at radius 2 is 2.40 bits per heavy atom. The van der Waals surface area contributed by atoms with Gasteiger partial charge in [-0.05, 0) is 18.9 Å². The molecule has 0 saturated carbocycles. The molecule has 1 heterocycles. The molecular weight excluding hydrogens is 186 g/mol. The molecule has 0 aromatic heterocycles. The van der Waals surface area contributed by atoms with Gasteiger partial charge in [-0.15, -0.1) is 0 Å². The van der Waals surface area contributed by atoms with Gasteiger partial charge in [-0.2, -0.15) is 0 Å². The quantitative estimate of drug-likeness (QED) is 0.686. The second-order valence-electron chi connectivity index (χ2n) is 3.81. The summed E-state index contributed by atoms with van der Waals surface area (Å²) in [4.78, 5) is 4.34. The van der Waals surface area contributed by atoms with Crippen LogP contribution in [-0.4, -0.2) is 29.9 Å². The van der Waals surface area contributed by atoms with Crippen molar-refractivity contribution >= 4 is 6.34 Å². The molecule has 0 atom stereocenters. The minimum absolute atomic E-state index is 0.912. The van der Waals surface area contributed by atoms with Crippen LogP contribution in [0.2, 0.25) is 0 Å². The van der Waals surface area contributed by atoms with Crippen molar-refractivity contribution in [1.82, 2.24) is 10.0 Å². The van der Waals surface area contributed by atoms with Gasteiger partial charge in [0.2, 0.25) is 0 Å². The summed E-state index contributed by atoms with van der Waals surface area (Å²) >= 11 is 0. The number of rotatable bonds is 2. The van der Waals surface area contributed by atoms with Crippen molar-refractivity contribution in [2.45, 2.75) is 19.8 Å². The maximum Gasteiger partial charge on any atom is 0.111 e. The summed E-state index contributed by atoms with van der Waals surface area (Å²) in [6.45, 7) is 7.07. The van der Waals surface area contributed by atoms with Crippen LogP contribution in [0.15, 0.2) is 40.7 Å². The van der Waals surface area contributed by atoms with Crippen molar-refractivity contribution in [3.05, 3.63) is 35.7 Å². The predicted octanol–water partition coefficient (Wildman–Crippen LogP) is 2.31. The van der Waals surface area contributed by atoms with Crippen LogP contribution < -0.4 is 0 Å². The molecule has 0 saturated heterocycles. The first-order chi connectivity index (χ1) is 7.24. The lowest BCUT2D eigenvalue weighted by atomic mass is 9.99. The van der Waals surface area contributed by atoms with E-state index in [1.165, 1.54) is 11.3 Å². The van der Waals surface area contributed by atoms with Crippen LogP contribution in [0.1, 0.15) is 19.8 Å². The molecule has 2 aliphatic rings. The van der Waals surface area contributed by atoms with Crippen molar-refractivity contribution in [3.8, 4) is 0 Å². The topological polar surface area (TPSA) is 18.8 Å². The minimum atomic E-state index is 0.912. The van der Waals surface area contributed by atoms with Crippen LogP contribution in [0.25, 0.3) is 0 Å². The maximum atomic E-state index is 4.34. The number of hydrogen-bond donors (Lipinski definition) is 0. The monoisotopic (exact) mass is 203 g/mol. The van der Waals surface area contributed by atoms with Crippen LogP contribution in [0.4, 0.5) is 0 Å². The van der Waals surface area contributed by atoms with Crippen molar-refractivity contribution in [3.63, 3.8) is 0 Å². The molecule has 0 radical (unpaired) electrons. The van der Waals surface area contributed by atoms with E-state index < -0.39 is 0 Å². The molecule has 1 aliphatic carbocycles. The number of hydrazine groups is 1. The van der Waals surface area contributed by atoms with E-state index in [1.54, 1.807) is 0 Å². The van der Waals surface area contributed by atoms with Gasteiger partial charge in [0.15, 0.2) is 0 Å². The number of hydrogen-bond acceptors (Lipinski definition) is 3. The van der Waals surface area contributed by atoms with E-state index in [0.717, 1.165) is 25.1 Å². The van der Waals surface area contributed by atoms with Crippen LogP contribution in [-0.2, 0) is 0 Å². The first kappa shape index (κ1) is 10.2. The third kappa shape index (κ3) is 1.75. The average Bonchev–Trinajstić information content (AvgIpc) is 2.29. The van der Waals surface area contributed by atoms with E-state index in [0.29, 0.717) is 0 Å². The highest BCUT2D eigenvalue weighted by Crippen LogP contribution is 2.30. The van der Waals surface area contributed by atoms with Gasteiger partial charge in [-0.1, -0.05) is 19.6 Å². The normalized spacial score (nSPS) is 20.2. The van der Waals surface area contributed by atoms with Gasteiger partial charge >= 0.3 is 0 Å². The average molecular weight is 203 g/mol.